The SMILES string of the molecule is CN(C)CCNC(=O)c1cn(C)c(=O)c2c1C=CC2. The number of allylic oxidation sites excluding steroid dienone is 1. The normalized spacial score (nSPS) is 12.8. The molecule has 0 aliphatic heterocycles. The molecule has 102 valence electrons. The maximum atomic E-state index is 12.2. The van der Waals surface area contributed by atoms with Crippen LogP contribution in [0.2, 0.25) is 0 Å². The molecular weight excluding hydrogens is 242 g/mol. The van der Waals surface area contributed by atoms with E-state index < -0.39 is 0 Å². The first-order valence-corrected chi connectivity index (χ1v) is 6.32. The van der Waals surface area contributed by atoms with E-state index in [9.17, 15) is 9.59 Å². The molecule has 1 aromatic rings. The molecule has 5 nitrogen and oxygen atoms in total. The fourth-order valence-corrected chi connectivity index (χ4v) is 2.16. The summed E-state index contributed by atoms with van der Waals surface area (Å²) < 4.78 is 1.48. The van der Waals surface area contributed by atoms with Crippen LogP contribution in [0.4, 0.5) is 0 Å². The Morgan fingerprint density at radius 2 is 2.21 bits per heavy atom. The number of aromatic nitrogens is 1. The number of fused-ring (bicyclic) bond motifs is 1. The van der Waals surface area contributed by atoms with Gasteiger partial charge in [0.2, 0.25) is 0 Å². The molecule has 1 aliphatic carbocycles. The van der Waals surface area contributed by atoms with Crippen LogP contribution >= 0.6 is 0 Å². The zero-order valence-electron chi connectivity index (χ0n) is 11.6. The van der Waals surface area contributed by atoms with E-state index >= 15 is 0 Å². The summed E-state index contributed by atoms with van der Waals surface area (Å²) in [6.45, 7) is 1.38. The van der Waals surface area contributed by atoms with E-state index in [1.165, 1.54) is 4.57 Å². The monoisotopic (exact) mass is 261 g/mol. The highest BCUT2D eigenvalue weighted by atomic mass is 16.2. The Morgan fingerprint density at radius 1 is 1.47 bits per heavy atom. The van der Waals surface area contributed by atoms with Gasteiger partial charge in [0.15, 0.2) is 0 Å². The summed E-state index contributed by atoms with van der Waals surface area (Å²) in [6, 6.07) is 0. The molecule has 1 heterocycles. The van der Waals surface area contributed by atoms with Crippen molar-refractivity contribution in [3.63, 3.8) is 0 Å². The minimum Gasteiger partial charge on any atom is -0.351 e. The first-order chi connectivity index (χ1) is 9.00. The lowest BCUT2D eigenvalue weighted by Crippen LogP contribution is -2.33. The second kappa shape index (κ2) is 5.40. The summed E-state index contributed by atoms with van der Waals surface area (Å²) in [5.74, 6) is -0.125. The summed E-state index contributed by atoms with van der Waals surface area (Å²) in [5, 5.41) is 2.88. The maximum Gasteiger partial charge on any atom is 0.254 e. The topological polar surface area (TPSA) is 54.3 Å². The molecule has 0 unspecified atom stereocenters. The van der Waals surface area contributed by atoms with Crippen LogP contribution in [0.15, 0.2) is 17.1 Å². The van der Waals surface area contributed by atoms with Gasteiger partial charge in [-0.15, -0.1) is 0 Å². The van der Waals surface area contributed by atoms with Crippen molar-refractivity contribution in [2.45, 2.75) is 6.42 Å². The van der Waals surface area contributed by atoms with Crippen LogP contribution in [0.3, 0.4) is 0 Å². The average Bonchev–Trinajstić information content (AvgIpc) is 2.82. The van der Waals surface area contributed by atoms with Crippen LogP contribution in [-0.4, -0.2) is 42.6 Å². The highest BCUT2D eigenvalue weighted by molar-refractivity contribution is 5.98. The number of nitrogens with one attached hydrogen (secondary N) is 1. The fraction of sp³-hybridized carbons (Fsp3) is 0.429. The van der Waals surface area contributed by atoms with Crippen molar-refractivity contribution in [2.24, 2.45) is 7.05 Å². The molecular formula is C14H19N3O2. The van der Waals surface area contributed by atoms with Gasteiger partial charge in [0.1, 0.15) is 0 Å². The van der Waals surface area contributed by atoms with E-state index in [1.807, 2.05) is 31.1 Å². The van der Waals surface area contributed by atoms with Crippen molar-refractivity contribution >= 4 is 12.0 Å². The Kier molecular flexibility index (Phi) is 3.85. The number of carbonyl (C=O) groups excluding carboxylic acids is 1. The van der Waals surface area contributed by atoms with Gasteiger partial charge in [0, 0.05) is 31.9 Å². The first kappa shape index (κ1) is 13.5. The number of nitrogens with zero attached hydrogens (tertiary/aromatic N) is 2. The molecule has 5 heteroatoms. The van der Waals surface area contributed by atoms with E-state index in [-0.39, 0.29) is 11.5 Å². The largest absolute Gasteiger partial charge is 0.351 e. The van der Waals surface area contributed by atoms with Crippen molar-refractivity contribution in [3.8, 4) is 0 Å². The second-order valence-electron chi connectivity index (χ2n) is 5.02. The molecule has 19 heavy (non-hydrogen) atoms. The maximum absolute atomic E-state index is 12.2. The van der Waals surface area contributed by atoms with Crippen LogP contribution in [0.5, 0.6) is 0 Å². The lowest BCUT2D eigenvalue weighted by atomic mass is 10.1. The van der Waals surface area contributed by atoms with Crippen molar-refractivity contribution in [3.05, 3.63) is 39.3 Å². The number of hydrogen-bond donors (Lipinski definition) is 1. The van der Waals surface area contributed by atoms with Gasteiger partial charge < -0.3 is 14.8 Å². The Hall–Kier alpha value is -1.88. The molecule has 0 spiro atoms. The van der Waals surface area contributed by atoms with Gasteiger partial charge in [-0.3, -0.25) is 9.59 Å². The van der Waals surface area contributed by atoms with Gasteiger partial charge >= 0.3 is 0 Å². The van der Waals surface area contributed by atoms with Gasteiger partial charge in [-0.05, 0) is 26.1 Å². The molecule has 0 radical (unpaired) electrons. The number of rotatable bonds is 4. The zero-order chi connectivity index (χ0) is 14.0. The number of amides is 1. The van der Waals surface area contributed by atoms with Gasteiger partial charge in [-0.25, -0.2) is 0 Å². The van der Waals surface area contributed by atoms with Crippen LogP contribution in [0.25, 0.3) is 6.08 Å². The van der Waals surface area contributed by atoms with Crippen LogP contribution in [-0.2, 0) is 13.5 Å². The molecule has 0 saturated carbocycles. The van der Waals surface area contributed by atoms with Gasteiger partial charge in [-0.1, -0.05) is 12.2 Å². The highest BCUT2D eigenvalue weighted by Gasteiger charge is 2.19. The summed E-state index contributed by atoms with van der Waals surface area (Å²) in [7, 11) is 5.59. The molecule has 0 saturated heterocycles. The van der Waals surface area contributed by atoms with Crippen LogP contribution in [0, 0.1) is 0 Å². The van der Waals surface area contributed by atoms with E-state index in [0.717, 1.165) is 12.1 Å². The molecule has 1 amide bonds. The minimum absolute atomic E-state index is 0.0233. The number of hydrogen-bond acceptors (Lipinski definition) is 3. The van der Waals surface area contributed by atoms with E-state index in [4.69, 9.17) is 0 Å². The van der Waals surface area contributed by atoms with E-state index in [1.54, 1.807) is 13.2 Å². The summed E-state index contributed by atoms with van der Waals surface area (Å²) >= 11 is 0. The predicted octanol–water partition coefficient (Wildman–Crippen LogP) is 0.246. The Balaban J connectivity index is 2.23. The van der Waals surface area contributed by atoms with Crippen molar-refractivity contribution < 1.29 is 4.79 Å². The van der Waals surface area contributed by atoms with Crippen LogP contribution in [0.1, 0.15) is 21.5 Å². The van der Waals surface area contributed by atoms with E-state index in [2.05, 4.69) is 5.32 Å². The summed E-state index contributed by atoms with van der Waals surface area (Å²) in [4.78, 5) is 26.1. The third kappa shape index (κ3) is 2.76. The van der Waals surface area contributed by atoms with Crippen molar-refractivity contribution in [1.82, 2.24) is 14.8 Å². The molecule has 2 rings (SSSR count). The highest BCUT2D eigenvalue weighted by Crippen LogP contribution is 2.19. The minimum atomic E-state index is -0.125. The lowest BCUT2D eigenvalue weighted by molar-refractivity contribution is 0.0950. The van der Waals surface area contributed by atoms with E-state index in [0.29, 0.717) is 24.1 Å². The molecule has 1 aromatic heterocycles. The number of likely N-dealkylation sites (N-methyl/N-ethyl adjacent to an activating group) is 1. The Morgan fingerprint density at radius 3 is 2.89 bits per heavy atom. The molecule has 0 aromatic carbocycles. The zero-order valence-corrected chi connectivity index (χ0v) is 11.6. The molecule has 0 fully saturated rings. The van der Waals surface area contributed by atoms with Gasteiger partial charge in [-0.2, -0.15) is 0 Å². The van der Waals surface area contributed by atoms with Gasteiger partial charge in [0.25, 0.3) is 11.5 Å². The lowest BCUT2D eigenvalue weighted by Gasteiger charge is -2.13. The third-order valence-electron chi connectivity index (χ3n) is 3.21. The quantitative estimate of drug-likeness (QED) is 0.845. The average molecular weight is 261 g/mol. The molecule has 1 aliphatic rings. The first-order valence-electron chi connectivity index (χ1n) is 6.32. The predicted molar refractivity (Wildman–Crippen MR) is 75.3 cm³/mol. The standard InChI is InChI=1S/C14H19N3O2/c1-16(2)8-7-15-13(18)12-9-17(3)14(19)11-6-4-5-10(11)12/h4-5,9H,6-8H2,1-3H3,(H,15,18). The van der Waals surface area contributed by atoms with Crippen LogP contribution < -0.4 is 10.9 Å². The molecule has 1 N–H and O–H groups in total. The summed E-state index contributed by atoms with van der Waals surface area (Å²) in [5.41, 5.74) is 2.03. The van der Waals surface area contributed by atoms with Crippen molar-refractivity contribution in [2.75, 3.05) is 27.2 Å². The number of pyridine rings is 1. The smallest absolute Gasteiger partial charge is 0.254 e. The fourth-order valence-electron chi connectivity index (χ4n) is 2.16. The summed E-state index contributed by atoms with van der Waals surface area (Å²) in [6.07, 6.45) is 6.00. The second-order valence-corrected chi connectivity index (χ2v) is 5.02. The molecule has 0 bridgehead atoms. The Bertz CT molecular complexity index is 585. The third-order valence-corrected chi connectivity index (χ3v) is 3.21. The number of aryl methyl sites for hydroxylation is 1. The Labute approximate surface area is 112 Å². The number of carbonyl (C=O) groups is 1. The van der Waals surface area contributed by atoms with Gasteiger partial charge in [0.05, 0.1) is 5.56 Å². The van der Waals surface area contributed by atoms with Crippen molar-refractivity contribution in [1.29, 1.82) is 0 Å². The molecule has 0 atom stereocenters.